The van der Waals surface area contributed by atoms with Crippen molar-refractivity contribution in [3.05, 3.63) is 46.3 Å². The van der Waals surface area contributed by atoms with Gasteiger partial charge in [-0.1, -0.05) is 6.07 Å². The molecule has 1 N–H and O–H groups in total. The van der Waals surface area contributed by atoms with Gasteiger partial charge in [0.1, 0.15) is 9.88 Å². The van der Waals surface area contributed by atoms with Crippen molar-refractivity contribution in [3.8, 4) is 21.4 Å². The van der Waals surface area contributed by atoms with Gasteiger partial charge in [-0.3, -0.25) is 4.79 Å². The first-order valence-electron chi connectivity index (χ1n) is 7.43. The molecule has 9 heteroatoms. The smallest absolute Gasteiger partial charge is 0.387 e. The Balaban J connectivity index is 1.82. The molecule has 0 spiro atoms. The molecule has 0 aliphatic rings. The molecule has 1 aromatic carbocycles. The van der Waals surface area contributed by atoms with Crippen molar-refractivity contribution in [2.45, 2.75) is 13.5 Å². The molecule has 0 bridgehead atoms. The van der Waals surface area contributed by atoms with Crippen LogP contribution in [0.5, 0.6) is 11.5 Å². The Bertz CT molecular complexity index is 911. The van der Waals surface area contributed by atoms with Crippen LogP contribution in [-0.2, 0) is 0 Å². The van der Waals surface area contributed by atoms with E-state index >= 15 is 0 Å². The van der Waals surface area contributed by atoms with Gasteiger partial charge in [-0.2, -0.15) is 8.78 Å². The molecular formula is C17H14F2N2O3S2. The monoisotopic (exact) mass is 396 g/mol. The van der Waals surface area contributed by atoms with Crippen LogP contribution in [-0.4, -0.2) is 24.6 Å². The molecule has 5 nitrogen and oxygen atoms in total. The maximum Gasteiger partial charge on any atom is 0.387 e. The number of carbonyl (C=O) groups excluding carboxylic acids is 1. The number of nitrogens with one attached hydrogen (secondary N) is 1. The van der Waals surface area contributed by atoms with E-state index in [0.29, 0.717) is 16.3 Å². The number of benzene rings is 1. The van der Waals surface area contributed by atoms with Gasteiger partial charge in [0.2, 0.25) is 0 Å². The Kier molecular flexibility index (Phi) is 5.48. The first kappa shape index (κ1) is 18.3. The predicted octanol–water partition coefficient (Wildman–Crippen LogP) is 5.04. The minimum Gasteiger partial charge on any atom is -0.493 e. The van der Waals surface area contributed by atoms with E-state index in [4.69, 9.17) is 4.74 Å². The molecule has 26 heavy (non-hydrogen) atoms. The second kappa shape index (κ2) is 7.79. The highest BCUT2D eigenvalue weighted by molar-refractivity contribution is 7.22. The molecule has 3 aromatic rings. The van der Waals surface area contributed by atoms with E-state index in [0.717, 1.165) is 9.88 Å². The first-order valence-corrected chi connectivity index (χ1v) is 9.13. The molecule has 3 rings (SSSR count). The quantitative estimate of drug-likeness (QED) is 0.634. The number of hydrogen-bond acceptors (Lipinski definition) is 6. The highest BCUT2D eigenvalue weighted by atomic mass is 32.1. The van der Waals surface area contributed by atoms with Crippen molar-refractivity contribution in [1.82, 2.24) is 4.98 Å². The Hall–Kier alpha value is -2.52. The summed E-state index contributed by atoms with van der Waals surface area (Å²) in [5, 5.41) is 5.38. The van der Waals surface area contributed by atoms with E-state index < -0.39 is 6.61 Å². The van der Waals surface area contributed by atoms with E-state index in [1.807, 2.05) is 17.5 Å². The average Bonchev–Trinajstić information content (AvgIpc) is 3.24. The largest absolute Gasteiger partial charge is 0.493 e. The zero-order chi connectivity index (χ0) is 18.7. The first-order chi connectivity index (χ1) is 12.5. The number of alkyl halides is 2. The highest BCUT2D eigenvalue weighted by Gasteiger charge is 2.18. The minimum atomic E-state index is -2.99. The molecule has 136 valence electrons. The van der Waals surface area contributed by atoms with Crippen LogP contribution in [0.4, 0.5) is 14.5 Å². The summed E-state index contributed by atoms with van der Waals surface area (Å²) in [6.45, 7) is -1.24. The summed E-state index contributed by atoms with van der Waals surface area (Å²) in [6.07, 6.45) is 0. The number of rotatable bonds is 6. The number of carbonyl (C=O) groups is 1. The molecule has 0 aliphatic heterocycles. The van der Waals surface area contributed by atoms with Gasteiger partial charge in [-0.25, -0.2) is 4.98 Å². The number of nitrogens with zero attached hydrogens (tertiary/aromatic N) is 1. The number of ether oxygens (including phenoxy) is 2. The number of thiazole rings is 1. The van der Waals surface area contributed by atoms with E-state index in [-0.39, 0.29) is 17.4 Å². The van der Waals surface area contributed by atoms with Crippen LogP contribution in [0.1, 0.15) is 15.4 Å². The summed E-state index contributed by atoms with van der Waals surface area (Å²) in [4.78, 5) is 18.4. The topological polar surface area (TPSA) is 60.5 Å². The molecule has 2 aromatic heterocycles. The van der Waals surface area contributed by atoms with Crippen molar-refractivity contribution in [3.63, 3.8) is 0 Å². The van der Waals surface area contributed by atoms with E-state index in [2.05, 4.69) is 15.0 Å². The molecule has 0 unspecified atom stereocenters. The molecule has 0 fully saturated rings. The van der Waals surface area contributed by atoms with Crippen molar-refractivity contribution < 1.29 is 23.0 Å². The SMILES string of the molecule is COc1ccc(NC(=O)c2sc(-c3cccs3)nc2C)cc1OC(F)F. The molecule has 0 saturated heterocycles. The number of halogens is 2. The number of amides is 1. The van der Waals surface area contributed by atoms with Gasteiger partial charge in [-0.15, -0.1) is 22.7 Å². The summed E-state index contributed by atoms with van der Waals surface area (Å²) in [7, 11) is 1.35. The van der Waals surface area contributed by atoms with Crippen LogP contribution in [0.3, 0.4) is 0 Å². The lowest BCUT2D eigenvalue weighted by Crippen LogP contribution is -2.12. The molecule has 1 amide bonds. The summed E-state index contributed by atoms with van der Waals surface area (Å²) in [5.41, 5.74) is 0.922. The van der Waals surface area contributed by atoms with Gasteiger partial charge >= 0.3 is 6.61 Å². The third-order valence-electron chi connectivity index (χ3n) is 3.37. The maximum absolute atomic E-state index is 12.5. The standard InChI is InChI=1S/C17H14F2N2O3S2/c1-9-14(26-16(20-9)13-4-3-7-25-13)15(22)21-10-5-6-11(23-2)12(8-10)24-17(18)19/h3-8,17H,1-2H3,(H,21,22). The minimum absolute atomic E-state index is 0.150. The Morgan fingerprint density at radius 2 is 2.08 bits per heavy atom. The third-order valence-corrected chi connectivity index (χ3v) is 5.57. The lowest BCUT2D eigenvalue weighted by atomic mass is 10.2. The van der Waals surface area contributed by atoms with E-state index in [9.17, 15) is 13.6 Å². The van der Waals surface area contributed by atoms with Crippen molar-refractivity contribution in [1.29, 1.82) is 0 Å². The summed E-state index contributed by atoms with van der Waals surface area (Å²) in [6, 6.07) is 8.13. The fourth-order valence-corrected chi connectivity index (χ4v) is 4.00. The number of methoxy groups -OCH3 is 1. The van der Waals surface area contributed by atoms with Crippen LogP contribution in [0.2, 0.25) is 0 Å². The summed E-state index contributed by atoms with van der Waals surface area (Å²) in [5.74, 6) is -0.367. The van der Waals surface area contributed by atoms with Crippen molar-refractivity contribution in [2.75, 3.05) is 12.4 Å². The zero-order valence-electron chi connectivity index (χ0n) is 13.8. The van der Waals surface area contributed by atoms with Crippen LogP contribution >= 0.6 is 22.7 Å². The predicted molar refractivity (Wildman–Crippen MR) is 97.7 cm³/mol. The molecule has 0 saturated carbocycles. The Morgan fingerprint density at radius 1 is 1.27 bits per heavy atom. The molecular weight excluding hydrogens is 382 g/mol. The van der Waals surface area contributed by atoms with E-state index in [1.54, 1.807) is 24.3 Å². The van der Waals surface area contributed by atoms with Gasteiger partial charge in [0, 0.05) is 11.8 Å². The molecule has 0 aliphatic carbocycles. The number of aromatic nitrogens is 1. The van der Waals surface area contributed by atoms with E-state index in [1.165, 1.54) is 30.6 Å². The van der Waals surface area contributed by atoms with Crippen LogP contribution in [0.25, 0.3) is 9.88 Å². The van der Waals surface area contributed by atoms with Gasteiger partial charge in [-0.05, 0) is 30.5 Å². The lowest BCUT2D eigenvalue weighted by Gasteiger charge is -2.12. The summed E-state index contributed by atoms with van der Waals surface area (Å²) >= 11 is 2.82. The highest BCUT2D eigenvalue weighted by Crippen LogP contribution is 2.33. The summed E-state index contributed by atoms with van der Waals surface area (Å²) < 4.78 is 34.4. The van der Waals surface area contributed by atoms with Crippen molar-refractivity contribution in [2.24, 2.45) is 0 Å². The average molecular weight is 396 g/mol. The lowest BCUT2D eigenvalue weighted by molar-refractivity contribution is -0.0511. The van der Waals surface area contributed by atoms with Crippen LogP contribution in [0, 0.1) is 6.92 Å². The third kappa shape index (κ3) is 4.00. The normalized spacial score (nSPS) is 10.8. The van der Waals surface area contributed by atoms with Crippen molar-refractivity contribution >= 4 is 34.3 Å². The number of hydrogen-bond donors (Lipinski definition) is 1. The van der Waals surface area contributed by atoms with Gasteiger partial charge in [0.15, 0.2) is 11.5 Å². The zero-order valence-corrected chi connectivity index (χ0v) is 15.4. The fraction of sp³-hybridized carbons (Fsp3) is 0.176. The molecule has 2 heterocycles. The van der Waals surface area contributed by atoms with Gasteiger partial charge in [0.05, 0.1) is 17.7 Å². The van der Waals surface area contributed by atoms with Crippen LogP contribution < -0.4 is 14.8 Å². The van der Waals surface area contributed by atoms with Crippen LogP contribution in [0.15, 0.2) is 35.7 Å². The number of thiophene rings is 1. The van der Waals surface area contributed by atoms with Gasteiger partial charge < -0.3 is 14.8 Å². The second-order valence-electron chi connectivity index (χ2n) is 5.11. The fourth-order valence-electron chi connectivity index (χ4n) is 2.24. The Morgan fingerprint density at radius 3 is 2.73 bits per heavy atom. The maximum atomic E-state index is 12.5. The molecule has 0 atom stereocenters. The molecule has 0 radical (unpaired) electrons. The number of anilines is 1. The Labute approximate surface area is 156 Å². The second-order valence-corrected chi connectivity index (χ2v) is 7.06. The number of aryl methyl sites for hydroxylation is 1. The van der Waals surface area contributed by atoms with Gasteiger partial charge in [0.25, 0.3) is 5.91 Å².